The molecule has 1 fully saturated rings. The lowest BCUT2D eigenvalue weighted by molar-refractivity contribution is -0.162. The maximum absolute atomic E-state index is 12.5. The molecular weight excluding hydrogens is 372 g/mol. The third-order valence-electron chi connectivity index (χ3n) is 6.71. The summed E-state index contributed by atoms with van der Waals surface area (Å²) >= 11 is 0. The molecule has 6 heteroatoms. The monoisotopic (exact) mass is 406 g/mol. The maximum atomic E-state index is 12.5. The Morgan fingerprint density at radius 3 is 2.76 bits per heavy atom. The Morgan fingerprint density at radius 2 is 2.07 bits per heavy atom. The van der Waals surface area contributed by atoms with Gasteiger partial charge in [0.25, 0.3) is 0 Å². The van der Waals surface area contributed by atoms with Crippen LogP contribution in [0.5, 0.6) is 0 Å². The first-order chi connectivity index (χ1) is 13.8. The van der Waals surface area contributed by atoms with Crippen LogP contribution in [0.25, 0.3) is 0 Å². The second-order valence-corrected chi connectivity index (χ2v) is 8.95. The number of esters is 2. The lowest BCUT2D eigenvalue weighted by Crippen LogP contribution is -2.43. The van der Waals surface area contributed by atoms with Gasteiger partial charge in [-0.05, 0) is 36.7 Å². The van der Waals surface area contributed by atoms with Gasteiger partial charge in [0, 0.05) is 18.8 Å². The highest BCUT2D eigenvalue weighted by molar-refractivity contribution is 5.72. The zero-order chi connectivity index (χ0) is 21.1. The van der Waals surface area contributed by atoms with Crippen molar-refractivity contribution in [2.45, 2.75) is 83.7 Å². The molecule has 29 heavy (non-hydrogen) atoms. The van der Waals surface area contributed by atoms with Crippen LogP contribution in [0.15, 0.2) is 23.8 Å². The number of rotatable bonds is 6. The van der Waals surface area contributed by atoms with Crippen molar-refractivity contribution in [3.63, 3.8) is 0 Å². The van der Waals surface area contributed by atoms with Crippen LogP contribution in [0, 0.1) is 23.7 Å². The lowest BCUT2D eigenvalue weighted by atomic mass is 9.66. The van der Waals surface area contributed by atoms with Gasteiger partial charge in [-0.25, -0.2) is 0 Å². The van der Waals surface area contributed by atoms with E-state index < -0.39 is 12.2 Å². The summed E-state index contributed by atoms with van der Waals surface area (Å²) in [6, 6.07) is 0. The molecule has 2 aliphatic carbocycles. The SMILES string of the molecule is CC[C@H](C)C(=O)O[C@H]1C[C@@H](O)C=C2C=C[C@H](C)C(CCC3C[C@@H](O)CC(=O)O3)[C@H]21. The van der Waals surface area contributed by atoms with E-state index in [9.17, 15) is 19.8 Å². The van der Waals surface area contributed by atoms with E-state index in [1.54, 1.807) is 0 Å². The predicted octanol–water partition coefficient (Wildman–Crippen LogP) is 2.92. The van der Waals surface area contributed by atoms with Gasteiger partial charge in [0.1, 0.15) is 12.2 Å². The molecule has 0 aromatic carbocycles. The van der Waals surface area contributed by atoms with Crippen molar-refractivity contribution in [2.24, 2.45) is 23.7 Å². The summed E-state index contributed by atoms with van der Waals surface area (Å²) in [6.07, 6.45) is 7.31. The summed E-state index contributed by atoms with van der Waals surface area (Å²) in [7, 11) is 0. The van der Waals surface area contributed by atoms with Crippen LogP contribution in [-0.4, -0.2) is 46.6 Å². The Morgan fingerprint density at radius 1 is 1.31 bits per heavy atom. The molecular formula is C23H34O6. The molecule has 3 aliphatic rings. The summed E-state index contributed by atoms with van der Waals surface area (Å²) in [6.45, 7) is 5.97. The van der Waals surface area contributed by atoms with Crippen LogP contribution in [0.4, 0.5) is 0 Å². The number of cyclic esters (lactones) is 1. The fraction of sp³-hybridized carbons (Fsp3) is 0.739. The van der Waals surface area contributed by atoms with E-state index in [-0.39, 0.29) is 54.2 Å². The van der Waals surface area contributed by atoms with E-state index in [4.69, 9.17) is 9.47 Å². The van der Waals surface area contributed by atoms with Crippen molar-refractivity contribution in [3.8, 4) is 0 Å². The van der Waals surface area contributed by atoms with Crippen LogP contribution >= 0.6 is 0 Å². The third kappa shape index (κ3) is 5.28. The van der Waals surface area contributed by atoms with Gasteiger partial charge in [-0.1, -0.05) is 39.0 Å². The van der Waals surface area contributed by atoms with Gasteiger partial charge in [-0.3, -0.25) is 9.59 Å². The smallest absolute Gasteiger partial charge is 0.308 e. The number of hydrogen-bond donors (Lipinski definition) is 2. The molecule has 8 atom stereocenters. The van der Waals surface area contributed by atoms with Crippen LogP contribution in [0.2, 0.25) is 0 Å². The van der Waals surface area contributed by atoms with Crippen molar-refractivity contribution < 1.29 is 29.3 Å². The van der Waals surface area contributed by atoms with E-state index in [1.165, 1.54) is 0 Å². The second-order valence-electron chi connectivity index (χ2n) is 8.95. The fourth-order valence-corrected chi connectivity index (χ4v) is 4.84. The van der Waals surface area contributed by atoms with E-state index in [1.807, 2.05) is 26.0 Å². The molecule has 0 aromatic heterocycles. The minimum Gasteiger partial charge on any atom is -0.462 e. The van der Waals surface area contributed by atoms with E-state index in [0.29, 0.717) is 19.3 Å². The first kappa shape index (κ1) is 22.0. The molecule has 0 radical (unpaired) electrons. The van der Waals surface area contributed by atoms with Crippen LogP contribution in [0.1, 0.15) is 59.3 Å². The van der Waals surface area contributed by atoms with Gasteiger partial charge in [-0.2, -0.15) is 0 Å². The normalized spacial score (nSPS) is 37.9. The largest absolute Gasteiger partial charge is 0.462 e. The Balaban J connectivity index is 1.74. The Hall–Kier alpha value is -1.66. The summed E-state index contributed by atoms with van der Waals surface area (Å²) in [5.41, 5.74) is 1.02. The maximum Gasteiger partial charge on any atom is 0.308 e. The molecule has 0 aromatic rings. The summed E-state index contributed by atoms with van der Waals surface area (Å²) in [5.74, 6) is -0.203. The number of ether oxygens (including phenoxy) is 2. The Bertz CT molecular complexity index is 668. The van der Waals surface area contributed by atoms with E-state index in [0.717, 1.165) is 18.4 Å². The van der Waals surface area contributed by atoms with Crippen LogP contribution in [0.3, 0.4) is 0 Å². The van der Waals surface area contributed by atoms with Crippen LogP contribution in [-0.2, 0) is 19.1 Å². The standard InChI is InChI=1S/C23H34O6/c1-4-13(2)23(27)29-20-11-16(24)9-15-6-5-14(3)19(22(15)20)8-7-18-10-17(25)12-21(26)28-18/h5-6,9,13-14,16-20,22,24-25H,4,7-8,10-12H2,1-3H3/t13-,14-,16-,17+,18?,19?,20-,22-/m0/s1. The molecule has 3 rings (SSSR count). The lowest BCUT2D eigenvalue weighted by Gasteiger charge is -2.43. The molecule has 2 N–H and O–H groups in total. The van der Waals surface area contributed by atoms with E-state index >= 15 is 0 Å². The summed E-state index contributed by atoms with van der Waals surface area (Å²) in [4.78, 5) is 24.1. The quantitative estimate of drug-likeness (QED) is 0.659. The minimum atomic E-state index is -0.630. The highest BCUT2D eigenvalue weighted by Crippen LogP contribution is 2.44. The zero-order valence-electron chi connectivity index (χ0n) is 17.6. The molecule has 1 aliphatic heterocycles. The summed E-state index contributed by atoms with van der Waals surface area (Å²) < 4.78 is 11.3. The van der Waals surface area contributed by atoms with Crippen molar-refractivity contribution >= 4 is 11.9 Å². The van der Waals surface area contributed by atoms with Gasteiger partial charge >= 0.3 is 11.9 Å². The van der Waals surface area contributed by atoms with Crippen molar-refractivity contribution in [1.82, 2.24) is 0 Å². The molecule has 0 saturated carbocycles. The van der Waals surface area contributed by atoms with Crippen molar-refractivity contribution in [1.29, 1.82) is 0 Å². The molecule has 6 nitrogen and oxygen atoms in total. The highest BCUT2D eigenvalue weighted by atomic mass is 16.6. The molecule has 1 saturated heterocycles. The minimum absolute atomic E-state index is 0.0237. The number of aliphatic hydroxyl groups is 2. The molecule has 2 unspecified atom stereocenters. The van der Waals surface area contributed by atoms with Gasteiger partial charge in [0.15, 0.2) is 0 Å². The first-order valence-corrected chi connectivity index (χ1v) is 10.9. The first-order valence-electron chi connectivity index (χ1n) is 10.9. The topological polar surface area (TPSA) is 93.1 Å². The number of carbonyl (C=O) groups is 2. The average molecular weight is 407 g/mol. The number of carbonyl (C=O) groups excluding carboxylic acids is 2. The average Bonchev–Trinajstić information content (AvgIpc) is 2.65. The highest BCUT2D eigenvalue weighted by Gasteiger charge is 2.42. The fourth-order valence-electron chi connectivity index (χ4n) is 4.84. The molecule has 162 valence electrons. The Kier molecular flexibility index (Phi) is 7.17. The number of allylic oxidation sites excluding steroid dienone is 2. The summed E-state index contributed by atoms with van der Waals surface area (Å²) in [5, 5.41) is 20.2. The molecule has 0 amide bonds. The molecule has 0 bridgehead atoms. The number of aliphatic hydroxyl groups excluding tert-OH is 2. The second kappa shape index (κ2) is 9.43. The van der Waals surface area contributed by atoms with Gasteiger partial charge in [0.2, 0.25) is 0 Å². The zero-order valence-corrected chi connectivity index (χ0v) is 17.6. The van der Waals surface area contributed by atoms with Gasteiger partial charge in [0.05, 0.1) is 24.5 Å². The van der Waals surface area contributed by atoms with Gasteiger partial charge < -0.3 is 19.7 Å². The third-order valence-corrected chi connectivity index (χ3v) is 6.71. The van der Waals surface area contributed by atoms with Crippen LogP contribution < -0.4 is 0 Å². The van der Waals surface area contributed by atoms with E-state index in [2.05, 4.69) is 13.0 Å². The number of hydrogen-bond acceptors (Lipinski definition) is 6. The predicted molar refractivity (Wildman–Crippen MR) is 108 cm³/mol. The van der Waals surface area contributed by atoms with Crippen molar-refractivity contribution in [3.05, 3.63) is 23.8 Å². The van der Waals surface area contributed by atoms with Gasteiger partial charge in [-0.15, -0.1) is 0 Å². The van der Waals surface area contributed by atoms with Crippen molar-refractivity contribution in [2.75, 3.05) is 0 Å². The number of fused-ring (bicyclic) bond motifs is 1. The molecule has 0 spiro atoms. The Labute approximate surface area is 173 Å². The molecule has 1 heterocycles.